The van der Waals surface area contributed by atoms with Crippen LogP contribution in [0, 0.1) is 18.2 Å². The maximum atomic E-state index is 13.3. The van der Waals surface area contributed by atoms with E-state index in [-0.39, 0.29) is 5.56 Å². The van der Waals surface area contributed by atoms with Gasteiger partial charge in [-0.25, -0.2) is 4.39 Å². The van der Waals surface area contributed by atoms with E-state index in [1.54, 1.807) is 0 Å². The monoisotopic (exact) mass is 204 g/mol. The number of oxazole rings is 1. The van der Waals surface area contributed by atoms with Gasteiger partial charge in [0.1, 0.15) is 11.3 Å². The number of terminal acetylenes is 1. The highest BCUT2D eigenvalue weighted by molar-refractivity contribution is 5.76. The summed E-state index contributed by atoms with van der Waals surface area (Å²) in [6.07, 6.45) is 5.14. The number of benzene rings is 1. The molecule has 0 atom stereocenters. The van der Waals surface area contributed by atoms with Gasteiger partial charge in [0.05, 0.1) is 5.56 Å². The van der Waals surface area contributed by atoms with Crippen molar-refractivity contribution < 1.29 is 8.81 Å². The number of hydrogen-bond donors (Lipinski definition) is 1. The predicted octanol–water partition coefficient (Wildman–Crippen LogP) is 2.38. The standard InChI is InChI=1S/C11H9FN2O/c1-3-7-5-9-10(6-8(7)12)15-11(14-9)13-4-2/h1,5-6H,4H2,2H3,(H,13,14). The molecule has 2 aromatic rings. The molecule has 15 heavy (non-hydrogen) atoms. The Kier molecular flexibility index (Phi) is 2.30. The summed E-state index contributed by atoms with van der Waals surface area (Å²) < 4.78 is 18.5. The van der Waals surface area contributed by atoms with Crippen LogP contribution in [-0.4, -0.2) is 11.5 Å². The third kappa shape index (κ3) is 1.64. The average molecular weight is 204 g/mol. The molecule has 0 aliphatic carbocycles. The Morgan fingerprint density at radius 1 is 1.60 bits per heavy atom. The van der Waals surface area contributed by atoms with Gasteiger partial charge in [-0.1, -0.05) is 5.92 Å². The van der Waals surface area contributed by atoms with E-state index >= 15 is 0 Å². The molecule has 3 nitrogen and oxygen atoms in total. The van der Waals surface area contributed by atoms with Gasteiger partial charge in [0, 0.05) is 12.6 Å². The van der Waals surface area contributed by atoms with Crippen molar-refractivity contribution in [3.8, 4) is 12.3 Å². The third-order valence-electron chi connectivity index (χ3n) is 1.96. The van der Waals surface area contributed by atoms with Crippen LogP contribution >= 0.6 is 0 Å². The normalized spacial score (nSPS) is 10.2. The summed E-state index contributed by atoms with van der Waals surface area (Å²) >= 11 is 0. The van der Waals surface area contributed by atoms with Gasteiger partial charge in [0.2, 0.25) is 0 Å². The zero-order valence-electron chi connectivity index (χ0n) is 8.17. The number of rotatable bonds is 2. The molecular weight excluding hydrogens is 195 g/mol. The summed E-state index contributed by atoms with van der Waals surface area (Å²) in [5, 5.41) is 2.90. The van der Waals surface area contributed by atoms with Gasteiger partial charge in [-0.15, -0.1) is 6.42 Å². The first-order valence-corrected chi connectivity index (χ1v) is 4.55. The summed E-state index contributed by atoms with van der Waals surface area (Å²) in [6.45, 7) is 2.61. The molecule has 2 rings (SSSR count). The first kappa shape index (κ1) is 9.53. The Balaban J connectivity index is 2.57. The van der Waals surface area contributed by atoms with Crippen molar-refractivity contribution in [1.29, 1.82) is 0 Å². The van der Waals surface area contributed by atoms with Crippen LogP contribution in [-0.2, 0) is 0 Å². The van der Waals surface area contributed by atoms with Crippen molar-refractivity contribution in [3.05, 3.63) is 23.5 Å². The number of halogens is 1. The topological polar surface area (TPSA) is 38.1 Å². The first-order valence-electron chi connectivity index (χ1n) is 4.55. The highest BCUT2D eigenvalue weighted by atomic mass is 19.1. The van der Waals surface area contributed by atoms with Crippen molar-refractivity contribution in [3.63, 3.8) is 0 Å². The lowest BCUT2D eigenvalue weighted by Crippen LogP contribution is -1.95. The Morgan fingerprint density at radius 3 is 3.07 bits per heavy atom. The SMILES string of the molecule is C#Cc1cc2nc(NCC)oc2cc1F. The van der Waals surface area contributed by atoms with E-state index in [9.17, 15) is 4.39 Å². The molecular formula is C11H9FN2O. The van der Waals surface area contributed by atoms with Gasteiger partial charge in [-0.05, 0) is 13.0 Å². The van der Waals surface area contributed by atoms with Crippen LogP contribution in [0.25, 0.3) is 11.1 Å². The highest BCUT2D eigenvalue weighted by Crippen LogP contribution is 2.21. The summed E-state index contributed by atoms with van der Waals surface area (Å²) in [4.78, 5) is 4.11. The lowest BCUT2D eigenvalue weighted by atomic mass is 10.2. The number of fused-ring (bicyclic) bond motifs is 1. The smallest absolute Gasteiger partial charge is 0.295 e. The minimum absolute atomic E-state index is 0.193. The van der Waals surface area contributed by atoms with E-state index < -0.39 is 5.82 Å². The predicted molar refractivity (Wildman–Crippen MR) is 56.1 cm³/mol. The van der Waals surface area contributed by atoms with Gasteiger partial charge in [-0.2, -0.15) is 4.98 Å². The van der Waals surface area contributed by atoms with Crippen molar-refractivity contribution in [2.75, 3.05) is 11.9 Å². The summed E-state index contributed by atoms with van der Waals surface area (Å²) in [6, 6.07) is 3.12. The second kappa shape index (κ2) is 3.62. The second-order valence-electron chi connectivity index (χ2n) is 2.99. The fourth-order valence-electron chi connectivity index (χ4n) is 1.29. The largest absolute Gasteiger partial charge is 0.423 e. The minimum Gasteiger partial charge on any atom is -0.423 e. The van der Waals surface area contributed by atoms with E-state index in [4.69, 9.17) is 10.8 Å². The van der Waals surface area contributed by atoms with Crippen LogP contribution in [0.3, 0.4) is 0 Å². The molecule has 0 radical (unpaired) electrons. The molecule has 1 aromatic heterocycles. The van der Waals surface area contributed by atoms with Crippen molar-refractivity contribution in [2.24, 2.45) is 0 Å². The van der Waals surface area contributed by atoms with Gasteiger partial charge >= 0.3 is 0 Å². The van der Waals surface area contributed by atoms with Crippen LogP contribution < -0.4 is 5.32 Å². The van der Waals surface area contributed by atoms with E-state index in [1.165, 1.54) is 12.1 Å². The lowest BCUT2D eigenvalue weighted by Gasteiger charge is -1.92. The molecule has 0 spiro atoms. The molecule has 1 aromatic carbocycles. The summed E-state index contributed by atoms with van der Waals surface area (Å²) in [5.74, 6) is 1.78. The lowest BCUT2D eigenvalue weighted by molar-refractivity contribution is 0.599. The molecule has 0 saturated heterocycles. The van der Waals surface area contributed by atoms with Crippen LogP contribution in [0.4, 0.5) is 10.4 Å². The quantitative estimate of drug-likeness (QED) is 0.763. The van der Waals surface area contributed by atoms with E-state index in [2.05, 4.69) is 16.2 Å². The fraction of sp³-hybridized carbons (Fsp3) is 0.182. The zero-order chi connectivity index (χ0) is 10.8. The summed E-state index contributed by atoms with van der Waals surface area (Å²) in [7, 11) is 0. The third-order valence-corrected chi connectivity index (χ3v) is 1.96. The van der Waals surface area contributed by atoms with E-state index in [0.717, 1.165) is 0 Å². The molecule has 0 unspecified atom stereocenters. The first-order chi connectivity index (χ1) is 7.24. The van der Waals surface area contributed by atoms with Crippen molar-refractivity contribution >= 4 is 17.1 Å². The molecule has 0 bridgehead atoms. The minimum atomic E-state index is -0.468. The molecule has 0 amide bonds. The molecule has 4 heteroatoms. The zero-order valence-corrected chi connectivity index (χ0v) is 8.17. The number of anilines is 1. The molecule has 1 heterocycles. The second-order valence-corrected chi connectivity index (χ2v) is 2.99. The van der Waals surface area contributed by atoms with Crippen LogP contribution in [0.1, 0.15) is 12.5 Å². The maximum Gasteiger partial charge on any atom is 0.295 e. The number of hydrogen-bond acceptors (Lipinski definition) is 3. The molecule has 0 fully saturated rings. The highest BCUT2D eigenvalue weighted by Gasteiger charge is 2.08. The fourth-order valence-corrected chi connectivity index (χ4v) is 1.29. The molecule has 76 valence electrons. The Labute approximate surface area is 86.3 Å². The number of aromatic nitrogens is 1. The van der Waals surface area contributed by atoms with Gasteiger partial charge in [0.15, 0.2) is 5.58 Å². The van der Waals surface area contributed by atoms with Crippen LogP contribution in [0.15, 0.2) is 16.5 Å². The summed E-state index contributed by atoms with van der Waals surface area (Å²) in [5.41, 5.74) is 1.14. The van der Waals surface area contributed by atoms with E-state index in [1.807, 2.05) is 6.92 Å². The Bertz CT molecular complexity index is 539. The molecule has 0 aliphatic heterocycles. The molecule has 1 N–H and O–H groups in total. The van der Waals surface area contributed by atoms with Gasteiger partial charge in [0.25, 0.3) is 6.01 Å². The van der Waals surface area contributed by atoms with E-state index in [0.29, 0.717) is 23.7 Å². The average Bonchev–Trinajstić information content (AvgIpc) is 2.58. The Hall–Kier alpha value is -2.02. The Morgan fingerprint density at radius 2 is 2.40 bits per heavy atom. The van der Waals surface area contributed by atoms with Crippen LogP contribution in [0.2, 0.25) is 0 Å². The number of nitrogens with one attached hydrogen (secondary N) is 1. The van der Waals surface area contributed by atoms with Crippen LogP contribution in [0.5, 0.6) is 0 Å². The van der Waals surface area contributed by atoms with Crippen molar-refractivity contribution in [1.82, 2.24) is 4.98 Å². The van der Waals surface area contributed by atoms with Gasteiger partial charge < -0.3 is 9.73 Å². The maximum absolute atomic E-state index is 13.3. The van der Waals surface area contributed by atoms with Gasteiger partial charge in [-0.3, -0.25) is 0 Å². The number of nitrogens with zero attached hydrogens (tertiary/aromatic N) is 1. The molecule has 0 saturated carbocycles. The molecule has 0 aliphatic rings. The van der Waals surface area contributed by atoms with Crippen molar-refractivity contribution in [2.45, 2.75) is 6.92 Å².